The average molecular weight is 261 g/mol. The maximum absolute atomic E-state index is 12.2. The Kier molecular flexibility index (Phi) is 3.77. The average Bonchev–Trinajstić information content (AvgIpc) is 2.40. The summed E-state index contributed by atoms with van der Waals surface area (Å²) in [5.41, 5.74) is 0.843. The Bertz CT molecular complexity index is 646. The van der Waals surface area contributed by atoms with Crippen molar-refractivity contribution in [3.8, 4) is 5.75 Å². The van der Waals surface area contributed by atoms with Crippen molar-refractivity contribution in [1.82, 2.24) is 4.57 Å². The molecule has 0 N–H and O–H groups in total. The van der Waals surface area contributed by atoms with Crippen LogP contribution in [0.2, 0.25) is 0 Å². The van der Waals surface area contributed by atoms with Crippen LogP contribution in [-0.2, 0) is 7.05 Å². The highest BCUT2D eigenvalue weighted by Crippen LogP contribution is 2.21. The van der Waals surface area contributed by atoms with Gasteiger partial charge in [0.2, 0.25) is 5.43 Å². The first-order chi connectivity index (χ1) is 8.67. The number of nitrogens with zero attached hydrogens (tertiary/aromatic N) is 1. The molecule has 0 saturated heterocycles. The standard InChI is InChI=1S/C14H15NO2S/c1-4-7-17-13-9-15(2)12-8-10(18-3)5-6-11(12)14(13)16/h4-6,8-9H,1,7H2,2-3H3. The Hall–Kier alpha value is -1.68. The van der Waals surface area contributed by atoms with Gasteiger partial charge in [0.15, 0.2) is 5.75 Å². The van der Waals surface area contributed by atoms with Crippen LogP contribution in [0.3, 0.4) is 0 Å². The summed E-state index contributed by atoms with van der Waals surface area (Å²) >= 11 is 1.66. The zero-order valence-corrected chi connectivity index (χ0v) is 11.3. The summed E-state index contributed by atoms with van der Waals surface area (Å²) in [5, 5.41) is 0.678. The fraction of sp³-hybridized carbons (Fsp3) is 0.214. The largest absolute Gasteiger partial charge is 0.484 e. The molecule has 18 heavy (non-hydrogen) atoms. The molecule has 0 fully saturated rings. The lowest BCUT2D eigenvalue weighted by atomic mass is 10.2. The number of aromatic nitrogens is 1. The second-order valence-electron chi connectivity index (χ2n) is 3.92. The predicted octanol–water partition coefficient (Wildman–Crippen LogP) is 2.83. The van der Waals surface area contributed by atoms with E-state index in [1.807, 2.05) is 36.1 Å². The van der Waals surface area contributed by atoms with Crippen molar-refractivity contribution in [2.75, 3.05) is 12.9 Å². The molecule has 1 aromatic heterocycles. The first-order valence-corrected chi connectivity index (χ1v) is 6.81. The topological polar surface area (TPSA) is 31.2 Å². The minimum Gasteiger partial charge on any atom is -0.484 e. The summed E-state index contributed by atoms with van der Waals surface area (Å²) in [6.07, 6.45) is 5.36. The van der Waals surface area contributed by atoms with Gasteiger partial charge in [-0.25, -0.2) is 0 Å². The first kappa shape index (κ1) is 12.8. The van der Waals surface area contributed by atoms with Crippen LogP contribution in [0.15, 0.2) is 46.7 Å². The van der Waals surface area contributed by atoms with E-state index < -0.39 is 0 Å². The molecular formula is C14H15NO2S. The molecule has 0 saturated carbocycles. The van der Waals surface area contributed by atoms with Gasteiger partial charge >= 0.3 is 0 Å². The van der Waals surface area contributed by atoms with Crippen molar-refractivity contribution in [2.24, 2.45) is 7.05 Å². The number of hydrogen-bond donors (Lipinski definition) is 0. The van der Waals surface area contributed by atoms with E-state index in [0.29, 0.717) is 17.7 Å². The molecule has 3 nitrogen and oxygen atoms in total. The van der Waals surface area contributed by atoms with Gasteiger partial charge in [0.05, 0.1) is 11.7 Å². The van der Waals surface area contributed by atoms with Crippen LogP contribution >= 0.6 is 11.8 Å². The van der Waals surface area contributed by atoms with E-state index >= 15 is 0 Å². The van der Waals surface area contributed by atoms with Crippen molar-refractivity contribution < 1.29 is 4.74 Å². The predicted molar refractivity (Wildman–Crippen MR) is 76.7 cm³/mol. The van der Waals surface area contributed by atoms with E-state index in [-0.39, 0.29) is 5.43 Å². The van der Waals surface area contributed by atoms with Crippen LogP contribution in [0.1, 0.15) is 0 Å². The Labute approximate surface area is 110 Å². The number of fused-ring (bicyclic) bond motifs is 1. The number of thioether (sulfide) groups is 1. The molecule has 0 amide bonds. The van der Waals surface area contributed by atoms with Crippen LogP contribution < -0.4 is 10.2 Å². The number of hydrogen-bond acceptors (Lipinski definition) is 3. The van der Waals surface area contributed by atoms with Gasteiger partial charge in [0.1, 0.15) is 6.61 Å². The number of aryl methyl sites for hydroxylation is 1. The second-order valence-corrected chi connectivity index (χ2v) is 4.80. The maximum atomic E-state index is 12.2. The van der Waals surface area contributed by atoms with E-state index in [2.05, 4.69) is 6.58 Å². The fourth-order valence-electron chi connectivity index (χ4n) is 1.81. The van der Waals surface area contributed by atoms with Gasteiger partial charge in [-0.05, 0) is 24.5 Å². The molecule has 0 radical (unpaired) electrons. The van der Waals surface area contributed by atoms with Crippen molar-refractivity contribution in [3.05, 3.63) is 47.3 Å². The van der Waals surface area contributed by atoms with E-state index in [9.17, 15) is 4.79 Å². The molecule has 4 heteroatoms. The normalized spacial score (nSPS) is 10.6. The van der Waals surface area contributed by atoms with Gasteiger partial charge in [-0.3, -0.25) is 4.79 Å². The third-order valence-corrected chi connectivity index (χ3v) is 3.45. The highest BCUT2D eigenvalue weighted by molar-refractivity contribution is 7.98. The monoisotopic (exact) mass is 261 g/mol. The zero-order valence-electron chi connectivity index (χ0n) is 10.5. The van der Waals surface area contributed by atoms with E-state index in [4.69, 9.17) is 4.74 Å². The number of benzene rings is 1. The Morgan fingerprint density at radius 1 is 1.50 bits per heavy atom. The molecule has 1 aromatic carbocycles. The summed E-state index contributed by atoms with van der Waals surface area (Å²) in [4.78, 5) is 13.3. The quantitative estimate of drug-likeness (QED) is 0.626. The van der Waals surface area contributed by atoms with Crippen LogP contribution in [0.4, 0.5) is 0 Å². The van der Waals surface area contributed by atoms with Gasteiger partial charge < -0.3 is 9.30 Å². The van der Waals surface area contributed by atoms with Gasteiger partial charge in [0, 0.05) is 17.3 Å². The van der Waals surface area contributed by atoms with Crippen LogP contribution in [0, 0.1) is 0 Å². The molecule has 1 heterocycles. The Balaban J connectivity index is 2.64. The van der Waals surface area contributed by atoms with E-state index in [1.54, 1.807) is 24.0 Å². The summed E-state index contributed by atoms with van der Waals surface area (Å²) in [7, 11) is 1.91. The summed E-state index contributed by atoms with van der Waals surface area (Å²) in [6, 6.07) is 5.81. The molecule has 94 valence electrons. The number of rotatable bonds is 4. The molecule has 2 rings (SSSR count). The molecule has 0 unspecified atom stereocenters. The molecule has 0 bridgehead atoms. The summed E-state index contributed by atoms with van der Waals surface area (Å²) < 4.78 is 7.29. The van der Waals surface area contributed by atoms with E-state index in [1.165, 1.54) is 0 Å². The third kappa shape index (κ3) is 2.29. The van der Waals surface area contributed by atoms with Crippen LogP contribution in [-0.4, -0.2) is 17.4 Å². The van der Waals surface area contributed by atoms with E-state index in [0.717, 1.165) is 10.4 Å². The zero-order chi connectivity index (χ0) is 13.1. The summed E-state index contributed by atoms with van der Waals surface area (Å²) in [6.45, 7) is 3.91. The minimum atomic E-state index is -0.0717. The minimum absolute atomic E-state index is 0.0717. The molecule has 0 aliphatic heterocycles. The molecule has 0 atom stereocenters. The van der Waals surface area contributed by atoms with Crippen LogP contribution in [0.5, 0.6) is 5.75 Å². The van der Waals surface area contributed by atoms with Crippen molar-refractivity contribution in [1.29, 1.82) is 0 Å². The van der Waals surface area contributed by atoms with Crippen molar-refractivity contribution in [2.45, 2.75) is 4.90 Å². The molecule has 2 aromatic rings. The number of ether oxygens (including phenoxy) is 1. The SMILES string of the molecule is C=CCOc1cn(C)c2cc(SC)ccc2c1=O. The Morgan fingerprint density at radius 3 is 2.94 bits per heavy atom. The first-order valence-electron chi connectivity index (χ1n) is 5.58. The smallest absolute Gasteiger partial charge is 0.231 e. The third-order valence-electron chi connectivity index (χ3n) is 2.72. The van der Waals surface area contributed by atoms with Gasteiger partial charge in [0.25, 0.3) is 0 Å². The lowest BCUT2D eigenvalue weighted by Gasteiger charge is -2.10. The van der Waals surface area contributed by atoms with Crippen molar-refractivity contribution in [3.63, 3.8) is 0 Å². The molecular weight excluding hydrogens is 246 g/mol. The molecule has 0 aliphatic carbocycles. The molecule has 0 aliphatic rings. The van der Waals surface area contributed by atoms with Gasteiger partial charge in [-0.15, -0.1) is 11.8 Å². The summed E-state index contributed by atoms with van der Waals surface area (Å²) in [5.74, 6) is 0.363. The van der Waals surface area contributed by atoms with Crippen molar-refractivity contribution >= 4 is 22.7 Å². The van der Waals surface area contributed by atoms with Gasteiger partial charge in [-0.2, -0.15) is 0 Å². The number of pyridine rings is 1. The maximum Gasteiger partial charge on any atom is 0.231 e. The Morgan fingerprint density at radius 2 is 2.28 bits per heavy atom. The highest BCUT2D eigenvalue weighted by Gasteiger charge is 2.08. The van der Waals surface area contributed by atoms with Crippen LogP contribution in [0.25, 0.3) is 10.9 Å². The molecule has 0 spiro atoms. The second kappa shape index (κ2) is 5.31. The van der Waals surface area contributed by atoms with Gasteiger partial charge in [-0.1, -0.05) is 12.7 Å². The highest BCUT2D eigenvalue weighted by atomic mass is 32.2. The lowest BCUT2D eigenvalue weighted by molar-refractivity contribution is 0.357. The fourth-order valence-corrected chi connectivity index (χ4v) is 2.24. The lowest BCUT2D eigenvalue weighted by Crippen LogP contribution is -2.12.